The maximum absolute atomic E-state index is 13.0. The summed E-state index contributed by atoms with van der Waals surface area (Å²) in [6.07, 6.45) is 4.73. The van der Waals surface area contributed by atoms with E-state index in [2.05, 4.69) is 93.3 Å². The van der Waals surface area contributed by atoms with Gasteiger partial charge in [0, 0.05) is 38.0 Å². The van der Waals surface area contributed by atoms with Crippen LogP contribution in [0.4, 0.5) is 0 Å². The van der Waals surface area contributed by atoms with Gasteiger partial charge in [-0.3, -0.25) is 9.69 Å². The zero-order chi connectivity index (χ0) is 27.8. The molecule has 3 aromatic rings. The van der Waals surface area contributed by atoms with Crippen molar-refractivity contribution in [1.82, 2.24) is 4.90 Å². The first-order valence-corrected chi connectivity index (χ1v) is 14.6. The summed E-state index contributed by atoms with van der Waals surface area (Å²) in [5, 5.41) is 11.3. The van der Waals surface area contributed by atoms with Gasteiger partial charge in [0.1, 0.15) is 18.1 Å². The van der Waals surface area contributed by atoms with Crippen LogP contribution in [0, 0.1) is 13.8 Å². The van der Waals surface area contributed by atoms with Gasteiger partial charge >= 0.3 is 0 Å². The van der Waals surface area contributed by atoms with Gasteiger partial charge in [0.2, 0.25) is 0 Å². The van der Waals surface area contributed by atoms with E-state index in [4.69, 9.17) is 4.74 Å². The Bertz CT molecular complexity index is 1220. The molecule has 4 heteroatoms. The largest absolute Gasteiger partial charge is 0.489 e. The van der Waals surface area contributed by atoms with Gasteiger partial charge < -0.3 is 9.84 Å². The molecule has 0 aliphatic carbocycles. The zero-order valence-corrected chi connectivity index (χ0v) is 24.3. The number of carbonyl (C=O) groups excluding carboxylic acids is 1. The van der Waals surface area contributed by atoms with Gasteiger partial charge in [-0.05, 0) is 74.3 Å². The highest BCUT2D eigenvalue weighted by Gasteiger charge is 2.33. The smallest absolute Gasteiger partial charge is 0.137 e. The molecule has 0 radical (unpaired) electrons. The standard InChI is InChI=1S/C35H45NO3/c1-5-29-8-7-9-30(6-2)33(29)23-32(37)16-17-35(38)18-20-36(21-19-35)24-31-22-27(4)12-15-34(31)39-25-28-13-10-26(3)11-14-28/h7-15,22,38H,5-6,16-21,23-25H2,1-4H3. The van der Waals surface area contributed by atoms with Crippen LogP contribution in [0.2, 0.25) is 0 Å². The van der Waals surface area contributed by atoms with Gasteiger partial charge in [-0.2, -0.15) is 0 Å². The molecule has 0 aromatic heterocycles. The molecule has 208 valence electrons. The third kappa shape index (κ3) is 8.03. The van der Waals surface area contributed by atoms with Crippen molar-refractivity contribution in [2.75, 3.05) is 13.1 Å². The van der Waals surface area contributed by atoms with Crippen molar-refractivity contribution in [3.63, 3.8) is 0 Å². The van der Waals surface area contributed by atoms with E-state index < -0.39 is 5.60 Å². The lowest BCUT2D eigenvalue weighted by Gasteiger charge is -2.38. The number of nitrogens with zero attached hydrogens (tertiary/aromatic N) is 1. The van der Waals surface area contributed by atoms with Crippen LogP contribution in [0.5, 0.6) is 5.75 Å². The van der Waals surface area contributed by atoms with E-state index in [1.54, 1.807) is 0 Å². The lowest BCUT2D eigenvalue weighted by Crippen LogP contribution is -2.44. The van der Waals surface area contributed by atoms with Crippen LogP contribution in [-0.4, -0.2) is 34.5 Å². The lowest BCUT2D eigenvalue weighted by atomic mass is 9.85. The molecule has 0 spiro atoms. The fourth-order valence-corrected chi connectivity index (χ4v) is 5.67. The SMILES string of the molecule is CCc1cccc(CC)c1CC(=O)CCC1(O)CCN(Cc2cc(C)ccc2OCc2ccc(C)cc2)CC1. The van der Waals surface area contributed by atoms with E-state index in [-0.39, 0.29) is 5.78 Å². The van der Waals surface area contributed by atoms with Crippen LogP contribution in [0.1, 0.15) is 78.5 Å². The third-order valence-corrected chi connectivity index (χ3v) is 8.29. The van der Waals surface area contributed by atoms with Gasteiger partial charge in [0.05, 0.1) is 5.60 Å². The number of ketones is 1. The van der Waals surface area contributed by atoms with Crippen LogP contribution in [0.3, 0.4) is 0 Å². The molecule has 4 nitrogen and oxygen atoms in total. The number of aryl methyl sites for hydroxylation is 4. The number of hydrogen-bond donors (Lipinski definition) is 1. The van der Waals surface area contributed by atoms with E-state index in [1.165, 1.54) is 33.4 Å². The molecular formula is C35H45NO3. The summed E-state index contributed by atoms with van der Waals surface area (Å²) in [5.41, 5.74) is 7.79. The van der Waals surface area contributed by atoms with Crippen LogP contribution in [0.15, 0.2) is 60.7 Å². The van der Waals surface area contributed by atoms with Gasteiger partial charge in [-0.1, -0.05) is 79.6 Å². The van der Waals surface area contributed by atoms with Crippen LogP contribution < -0.4 is 4.74 Å². The Balaban J connectivity index is 1.29. The third-order valence-electron chi connectivity index (χ3n) is 8.29. The summed E-state index contributed by atoms with van der Waals surface area (Å²) in [4.78, 5) is 15.4. The van der Waals surface area contributed by atoms with Crippen molar-refractivity contribution in [2.24, 2.45) is 0 Å². The summed E-state index contributed by atoms with van der Waals surface area (Å²) < 4.78 is 6.23. The first kappa shape index (κ1) is 29.0. The highest BCUT2D eigenvalue weighted by atomic mass is 16.5. The molecule has 1 aliphatic heterocycles. The van der Waals surface area contributed by atoms with E-state index in [0.717, 1.165) is 43.8 Å². The Morgan fingerprint density at radius 1 is 0.897 bits per heavy atom. The number of Topliss-reactive ketones (excluding diaryl/α,β-unsaturated/α-hetero) is 1. The minimum absolute atomic E-state index is 0.233. The average molecular weight is 528 g/mol. The summed E-state index contributed by atoms with van der Waals surface area (Å²) in [7, 11) is 0. The Hall–Kier alpha value is -2.95. The average Bonchev–Trinajstić information content (AvgIpc) is 2.94. The minimum Gasteiger partial charge on any atom is -0.489 e. The minimum atomic E-state index is -0.763. The maximum Gasteiger partial charge on any atom is 0.137 e. The fraction of sp³-hybridized carbons (Fsp3) is 0.457. The first-order valence-electron chi connectivity index (χ1n) is 14.6. The topological polar surface area (TPSA) is 49.8 Å². The molecule has 1 heterocycles. The number of likely N-dealkylation sites (tertiary alicyclic amines) is 1. The Morgan fingerprint density at radius 3 is 2.18 bits per heavy atom. The molecule has 1 aliphatic rings. The van der Waals surface area contributed by atoms with Crippen LogP contribution >= 0.6 is 0 Å². The van der Waals surface area contributed by atoms with E-state index in [1.807, 2.05) is 0 Å². The first-order chi connectivity index (χ1) is 18.8. The van der Waals surface area contributed by atoms with Gasteiger partial charge in [-0.25, -0.2) is 0 Å². The number of aliphatic hydroxyl groups is 1. The maximum atomic E-state index is 13.0. The number of rotatable bonds is 12. The molecule has 0 amide bonds. The summed E-state index contributed by atoms with van der Waals surface area (Å²) in [5.74, 6) is 1.16. The summed E-state index contributed by atoms with van der Waals surface area (Å²) in [6, 6.07) is 21.2. The molecular weight excluding hydrogens is 482 g/mol. The molecule has 1 saturated heterocycles. The molecule has 0 atom stereocenters. The molecule has 3 aromatic carbocycles. The highest BCUT2D eigenvalue weighted by Crippen LogP contribution is 2.30. The molecule has 0 unspecified atom stereocenters. The molecule has 1 N–H and O–H groups in total. The number of hydrogen-bond acceptors (Lipinski definition) is 4. The van der Waals surface area contributed by atoms with Crippen molar-refractivity contribution < 1.29 is 14.6 Å². The van der Waals surface area contributed by atoms with E-state index in [0.29, 0.717) is 38.7 Å². The summed E-state index contributed by atoms with van der Waals surface area (Å²) >= 11 is 0. The van der Waals surface area contributed by atoms with Crippen LogP contribution in [-0.2, 0) is 37.2 Å². The van der Waals surface area contributed by atoms with Crippen molar-refractivity contribution in [1.29, 1.82) is 0 Å². The summed E-state index contributed by atoms with van der Waals surface area (Å²) in [6.45, 7) is 11.5. The van der Waals surface area contributed by atoms with Gasteiger partial charge in [-0.15, -0.1) is 0 Å². The number of ether oxygens (including phenoxy) is 1. The van der Waals surface area contributed by atoms with Crippen molar-refractivity contribution >= 4 is 5.78 Å². The van der Waals surface area contributed by atoms with Gasteiger partial charge in [0.25, 0.3) is 0 Å². The predicted octanol–water partition coefficient (Wildman–Crippen LogP) is 6.93. The van der Waals surface area contributed by atoms with E-state index in [9.17, 15) is 9.90 Å². The number of carbonyl (C=O) groups is 1. The highest BCUT2D eigenvalue weighted by molar-refractivity contribution is 5.81. The molecule has 0 saturated carbocycles. The predicted molar refractivity (Wildman–Crippen MR) is 159 cm³/mol. The number of benzene rings is 3. The lowest BCUT2D eigenvalue weighted by molar-refractivity contribution is -0.120. The van der Waals surface area contributed by atoms with E-state index >= 15 is 0 Å². The second kappa shape index (κ2) is 13.4. The quantitative estimate of drug-likeness (QED) is 0.278. The second-order valence-electron chi connectivity index (χ2n) is 11.4. The van der Waals surface area contributed by atoms with Crippen LogP contribution in [0.25, 0.3) is 0 Å². The van der Waals surface area contributed by atoms with Gasteiger partial charge in [0.15, 0.2) is 0 Å². The molecule has 39 heavy (non-hydrogen) atoms. The van der Waals surface area contributed by atoms with Crippen molar-refractivity contribution in [2.45, 2.75) is 91.4 Å². The van der Waals surface area contributed by atoms with Crippen molar-refractivity contribution in [3.8, 4) is 5.75 Å². The Kier molecular flexibility index (Phi) is 9.99. The Morgan fingerprint density at radius 2 is 1.54 bits per heavy atom. The molecule has 4 rings (SSSR count). The zero-order valence-electron chi connectivity index (χ0n) is 24.3. The molecule has 1 fully saturated rings. The fourth-order valence-electron chi connectivity index (χ4n) is 5.67. The second-order valence-corrected chi connectivity index (χ2v) is 11.4. The number of piperidine rings is 1. The molecule has 0 bridgehead atoms. The monoisotopic (exact) mass is 527 g/mol. The normalized spacial score (nSPS) is 15.3. The van der Waals surface area contributed by atoms with Crippen molar-refractivity contribution in [3.05, 3.63) is 99.6 Å². The Labute approximate surface area is 235 Å².